The SMILES string of the molecule is COC(=O)C(Cc1cn(C(=O)OC(C)(C)C)c2ncccc12)NC(=O)OCC1C2=C(C=CCC2C)c2ccccc21. The van der Waals surface area contributed by atoms with Crippen molar-refractivity contribution in [3.63, 3.8) is 0 Å². The van der Waals surface area contributed by atoms with Crippen LogP contribution in [0.15, 0.2) is 66.5 Å². The quantitative estimate of drug-likeness (QED) is 0.302. The van der Waals surface area contributed by atoms with E-state index < -0.39 is 29.8 Å². The highest BCUT2D eigenvalue weighted by molar-refractivity contribution is 5.91. The molecule has 0 saturated heterocycles. The second-order valence-electron chi connectivity index (χ2n) is 11.4. The molecule has 9 nitrogen and oxygen atoms in total. The van der Waals surface area contributed by atoms with E-state index in [0.29, 0.717) is 22.5 Å². The second kappa shape index (κ2) is 11.2. The molecule has 1 N–H and O–H groups in total. The van der Waals surface area contributed by atoms with Gasteiger partial charge in [0.15, 0.2) is 0 Å². The number of rotatable bonds is 6. The number of alkyl carbamates (subject to hydrolysis) is 1. The van der Waals surface area contributed by atoms with Crippen LogP contribution in [-0.2, 0) is 25.4 Å². The van der Waals surface area contributed by atoms with Crippen LogP contribution < -0.4 is 5.32 Å². The molecule has 0 saturated carbocycles. The molecule has 214 valence electrons. The van der Waals surface area contributed by atoms with Crippen LogP contribution in [0, 0.1) is 5.92 Å². The zero-order valence-corrected chi connectivity index (χ0v) is 24.0. The van der Waals surface area contributed by atoms with Crippen molar-refractivity contribution in [2.75, 3.05) is 13.7 Å². The lowest BCUT2D eigenvalue weighted by molar-refractivity contribution is -0.142. The van der Waals surface area contributed by atoms with E-state index in [1.165, 1.54) is 28.4 Å². The van der Waals surface area contributed by atoms with E-state index in [2.05, 4.69) is 41.5 Å². The Morgan fingerprint density at radius 2 is 1.93 bits per heavy atom. The van der Waals surface area contributed by atoms with Gasteiger partial charge in [0, 0.05) is 30.1 Å². The van der Waals surface area contributed by atoms with Gasteiger partial charge in [0.2, 0.25) is 0 Å². The summed E-state index contributed by atoms with van der Waals surface area (Å²) in [5.41, 5.74) is 5.09. The van der Waals surface area contributed by atoms with Gasteiger partial charge in [-0.1, -0.05) is 43.3 Å². The summed E-state index contributed by atoms with van der Waals surface area (Å²) in [7, 11) is 1.26. The van der Waals surface area contributed by atoms with Gasteiger partial charge >= 0.3 is 18.2 Å². The van der Waals surface area contributed by atoms with Crippen molar-refractivity contribution in [1.82, 2.24) is 14.9 Å². The van der Waals surface area contributed by atoms with Crippen molar-refractivity contribution in [1.29, 1.82) is 0 Å². The lowest BCUT2D eigenvalue weighted by Gasteiger charge is -2.24. The average Bonchev–Trinajstić information content (AvgIpc) is 3.47. The highest BCUT2D eigenvalue weighted by Crippen LogP contribution is 2.48. The molecule has 3 unspecified atom stereocenters. The lowest BCUT2D eigenvalue weighted by atomic mass is 9.83. The average molecular weight is 558 g/mol. The fourth-order valence-electron chi connectivity index (χ4n) is 5.69. The van der Waals surface area contributed by atoms with Crippen LogP contribution in [0.4, 0.5) is 9.59 Å². The molecule has 2 aromatic heterocycles. The first kappa shape index (κ1) is 28.1. The minimum absolute atomic E-state index is 0.0543. The number of pyridine rings is 1. The third-order valence-electron chi connectivity index (χ3n) is 7.44. The van der Waals surface area contributed by atoms with Crippen LogP contribution in [0.1, 0.15) is 56.7 Å². The van der Waals surface area contributed by atoms with Crippen molar-refractivity contribution < 1.29 is 28.6 Å². The Balaban J connectivity index is 1.33. The standard InChI is InChI=1S/C32H35N3O6/c1-19-10-8-13-24-22-11-6-7-12-23(22)25(27(19)24)18-40-30(37)34-26(29(36)39-5)16-20-17-35(31(38)41-32(2,3)4)28-21(20)14-9-15-33-28/h6-9,11-15,17,19,25-26H,10,16,18H2,1-5H3,(H,34,37). The van der Waals surface area contributed by atoms with Gasteiger partial charge in [0.05, 0.1) is 7.11 Å². The molecule has 0 aliphatic heterocycles. The number of amides is 1. The summed E-state index contributed by atoms with van der Waals surface area (Å²) in [6.45, 7) is 7.67. The Morgan fingerprint density at radius 3 is 2.68 bits per heavy atom. The van der Waals surface area contributed by atoms with Gasteiger partial charge in [-0.15, -0.1) is 0 Å². The summed E-state index contributed by atoms with van der Waals surface area (Å²) < 4.78 is 17.5. The maximum atomic E-state index is 13.0. The van der Waals surface area contributed by atoms with Gasteiger partial charge in [-0.05, 0) is 73.1 Å². The topological polar surface area (TPSA) is 109 Å². The van der Waals surface area contributed by atoms with E-state index >= 15 is 0 Å². The van der Waals surface area contributed by atoms with Gasteiger partial charge in [-0.3, -0.25) is 0 Å². The molecule has 2 aliphatic rings. The first-order chi connectivity index (χ1) is 19.6. The number of ether oxygens (including phenoxy) is 3. The number of nitrogens with one attached hydrogen (secondary N) is 1. The van der Waals surface area contributed by atoms with E-state index in [0.717, 1.165) is 12.0 Å². The third-order valence-corrected chi connectivity index (χ3v) is 7.44. The zero-order chi connectivity index (χ0) is 29.3. The number of nitrogens with zero attached hydrogens (tertiary/aromatic N) is 2. The van der Waals surface area contributed by atoms with Crippen molar-refractivity contribution >= 4 is 34.8 Å². The predicted molar refractivity (Wildman–Crippen MR) is 154 cm³/mol. The summed E-state index contributed by atoms with van der Waals surface area (Å²) in [4.78, 5) is 43.0. The highest BCUT2D eigenvalue weighted by atomic mass is 16.6. The summed E-state index contributed by atoms with van der Waals surface area (Å²) in [5.74, 6) is -0.356. The molecule has 5 rings (SSSR count). The zero-order valence-electron chi connectivity index (χ0n) is 24.0. The summed E-state index contributed by atoms with van der Waals surface area (Å²) in [6, 6.07) is 10.7. The maximum Gasteiger partial charge on any atom is 0.420 e. The Bertz CT molecular complexity index is 1560. The normalized spacial score (nSPS) is 18.5. The second-order valence-corrected chi connectivity index (χ2v) is 11.4. The third kappa shape index (κ3) is 5.75. The van der Waals surface area contributed by atoms with Crippen LogP contribution in [0.25, 0.3) is 16.6 Å². The number of methoxy groups -OCH3 is 1. The first-order valence-corrected chi connectivity index (χ1v) is 13.8. The number of aromatic nitrogens is 2. The molecule has 0 bridgehead atoms. The first-order valence-electron chi connectivity index (χ1n) is 13.8. The number of benzene rings is 1. The van der Waals surface area contributed by atoms with Gasteiger partial charge in [-0.25, -0.2) is 23.9 Å². The minimum Gasteiger partial charge on any atom is -0.467 e. The van der Waals surface area contributed by atoms with Crippen molar-refractivity contribution in [2.45, 2.75) is 58.1 Å². The molecule has 3 aromatic rings. The number of allylic oxidation sites excluding steroid dienone is 3. The van der Waals surface area contributed by atoms with Gasteiger partial charge in [0.1, 0.15) is 23.9 Å². The molecule has 0 spiro atoms. The number of carbonyl (C=O) groups excluding carboxylic acids is 3. The van der Waals surface area contributed by atoms with E-state index in [1.54, 1.807) is 45.3 Å². The Kier molecular flexibility index (Phi) is 7.71. The molecule has 1 aromatic carbocycles. The number of hydrogen-bond donors (Lipinski definition) is 1. The smallest absolute Gasteiger partial charge is 0.420 e. The molecule has 0 fully saturated rings. The van der Waals surface area contributed by atoms with Crippen LogP contribution in [-0.4, -0.2) is 53.1 Å². The minimum atomic E-state index is -1.05. The maximum absolute atomic E-state index is 13.0. The summed E-state index contributed by atoms with van der Waals surface area (Å²) in [5, 5.41) is 3.33. The fourth-order valence-corrected chi connectivity index (χ4v) is 5.69. The molecule has 2 heterocycles. The van der Waals surface area contributed by atoms with Crippen molar-refractivity contribution in [3.8, 4) is 0 Å². The predicted octanol–water partition coefficient (Wildman–Crippen LogP) is 5.78. The largest absolute Gasteiger partial charge is 0.467 e. The van der Waals surface area contributed by atoms with Crippen molar-refractivity contribution in [3.05, 3.63) is 83.2 Å². The molecule has 2 aliphatic carbocycles. The molecule has 1 amide bonds. The van der Waals surface area contributed by atoms with Crippen LogP contribution >= 0.6 is 0 Å². The summed E-state index contributed by atoms with van der Waals surface area (Å²) in [6.07, 6.45) is 7.18. The van der Waals surface area contributed by atoms with Crippen LogP contribution in [0.5, 0.6) is 0 Å². The monoisotopic (exact) mass is 557 g/mol. The van der Waals surface area contributed by atoms with E-state index in [1.807, 2.05) is 12.1 Å². The Labute approximate surface area is 239 Å². The molecule has 9 heteroatoms. The molecule has 3 atom stereocenters. The van der Waals surface area contributed by atoms with Gasteiger partial charge < -0.3 is 19.5 Å². The number of carbonyl (C=O) groups is 3. The van der Waals surface area contributed by atoms with E-state index in [-0.39, 0.29) is 18.9 Å². The molecule has 0 radical (unpaired) electrons. The highest BCUT2D eigenvalue weighted by Gasteiger charge is 2.35. The van der Waals surface area contributed by atoms with Gasteiger partial charge in [0.25, 0.3) is 0 Å². The van der Waals surface area contributed by atoms with Crippen LogP contribution in [0.3, 0.4) is 0 Å². The van der Waals surface area contributed by atoms with Crippen molar-refractivity contribution in [2.24, 2.45) is 5.92 Å². The Hall–Kier alpha value is -4.40. The number of hydrogen-bond acceptors (Lipinski definition) is 7. The number of esters is 1. The molecular weight excluding hydrogens is 522 g/mol. The molecular formula is C32H35N3O6. The lowest BCUT2D eigenvalue weighted by Crippen LogP contribution is -2.43. The number of fused-ring (bicyclic) bond motifs is 3. The molecule has 41 heavy (non-hydrogen) atoms. The summed E-state index contributed by atoms with van der Waals surface area (Å²) >= 11 is 0. The van der Waals surface area contributed by atoms with E-state index in [9.17, 15) is 14.4 Å². The van der Waals surface area contributed by atoms with Gasteiger partial charge in [-0.2, -0.15) is 0 Å². The Morgan fingerprint density at radius 1 is 1.15 bits per heavy atom. The van der Waals surface area contributed by atoms with E-state index in [4.69, 9.17) is 14.2 Å². The fraction of sp³-hybridized carbons (Fsp3) is 0.375. The van der Waals surface area contributed by atoms with Crippen LogP contribution in [0.2, 0.25) is 0 Å².